The van der Waals surface area contributed by atoms with Crippen LogP contribution in [0.5, 0.6) is 11.5 Å². The van der Waals surface area contributed by atoms with Crippen LogP contribution in [0.3, 0.4) is 0 Å². The molecule has 0 aliphatic rings. The van der Waals surface area contributed by atoms with Gasteiger partial charge in [-0.05, 0) is 55.0 Å². The molecule has 2 rings (SSSR count). The number of hydrazone groups is 1. The molecule has 0 fully saturated rings. The Hall–Kier alpha value is -3.35. The van der Waals surface area contributed by atoms with Crippen LogP contribution in [-0.2, 0) is 4.79 Å². The first-order chi connectivity index (χ1) is 12.4. The maximum atomic E-state index is 12.0. The molecule has 2 amide bonds. The van der Waals surface area contributed by atoms with Gasteiger partial charge in [0.2, 0.25) is 0 Å². The zero-order valence-corrected chi connectivity index (χ0v) is 14.9. The highest BCUT2D eigenvalue weighted by molar-refractivity contribution is 6.01. The maximum Gasteiger partial charge on any atom is 0.271 e. The van der Waals surface area contributed by atoms with Crippen LogP contribution in [0.2, 0.25) is 0 Å². The summed E-state index contributed by atoms with van der Waals surface area (Å²) in [4.78, 5) is 25.0. The number of phenols is 1. The van der Waals surface area contributed by atoms with Crippen LogP contribution < -0.4 is 10.2 Å². The highest BCUT2D eigenvalue weighted by Gasteiger charge is 2.07. The Labute approximate surface area is 151 Å². The van der Waals surface area contributed by atoms with Crippen LogP contribution in [0.25, 0.3) is 0 Å². The Morgan fingerprint density at radius 1 is 1.12 bits per heavy atom. The van der Waals surface area contributed by atoms with Gasteiger partial charge in [0.1, 0.15) is 11.5 Å². The predicted octanol–water partition coefficient (Wildman–Crippen LogP) is 2.01. The third kappa shape index (κ3) is 5.34. The van der Waals surface area contributed by atoms with Crippen LogP contribution in [0.4, 0.5) is 0 Å². The Morgan fingerprint density at radius 3 is 2.42 bits per heavy atom. The van der Waals surface area contributed by atoms with Crippen molar-refractivity contribution in [1.82, 2.24) is 10.3 Å². The summed E-state index contributed by atoms with van der Waals surface area (Å²) < 4.78 is 5.41. The number of benzene rings is 2. The average molecular weight is 355 g/mol. The summed E-state index contributed by atoms with van der Waals surface area (Å²) in [5.74, 6) is 0.0473. The minimum Gasteiger partial charge on any atom is -0.508 e. The van der Waals surface area contributed by atoms with E-state index >= 15 is 0 Å². The van der Waals surface area contributed by atoms with Gasteiger partial charge in [0.15, 0.2) is 6.61 Å². The summed E-state index contributed by atoms with van der Waals surface area (Å²) in [5, 5.41) is 13.5. The van der Waals surface area contributed by atoms with Gasteiger partial charge in [-0.2, -0.15) is 5.10 Å². The summed E-state index contributed by atoms with van der Waals surface area (Å²) >= 11 is 0. The molecule has 2 N–H and O–H groups in total. The Balaban J connectivity index is 1.96. The fourth-order valence-corrected chi connectivity index (χ4v) is 1.98. The van der Waals surface area contributed by atoms with Crippen LogP contribution in [0.15, 0.2) is 53.6 Å². The molecule has 0 aliphatic carbocycles. The topological polar surface area (TPSA) is 91.2 Å². The molecule has 7 nitrogen and oxygen atoms in total. The molecule has 0 spiro atoms. The Bertz CT molecular complexity index is 814. The van der Waals surface area contributed by atoms with E-state index in [0.717, 1.165) is 5.56 Å². The summed E-state index contributed by atoms with van der Waals surface area (Å²) in [5.41, 5.74) is 4.17. The van der Waals surface area contributed by atoms with Crippen LogP contribution in [-0.4, -0.2) is 48.2 Å². The number of amides is 2. The van der Waals surface area contributed by atoms with Gasteiger partial charge in [-0.15, -0.1) is 0 Å². The molecule has 0 aromatic heterocycles. The lowest BCUT2D eigenvalue weighted by Gasteiger charge is -2.11. The standard InChI is InChI=1S/C19H21N3O4/c1-13(20-21-19(25)15-5-4-6-16(23)11-15)14-7-9-17(10-8-14)26-12-18(24)22(2)3/h4-11,23H,12H2,1-3H3,(H,21,25)/b20-13-. The van der Waals surface area contributed by atoms with E-state index in [-0.39, 0.29) is 18.3 Å². The Kier molecular flexibility index (Phi) is 6.32. The van der Waals surface area contributed by atoms with Crippen LogP contribution in [0, 0.1) is 0 Å². The molecule has 0 saturated carbocycles. The first-order valence-electron chi connectivity index (χ1n) is 7.94. The number of rotatable bonds is 6. The second kappa shape index (κ2) is 8.66. The van der Waals surface area contributed by atoms with Gasteiger partial charge < -0.3 is 14.7 Å². The van der Waals surface area contributed by atoms with Gasteiger partial charge in [-0.1, -0.05) is 6.07 Å². The molecule has 0 bridgehead atoms. The third-order valence-electron chi connectivity index (χ3n) is 3.57. The van der Waals surface area contributed by atoms with Crippen molar-refractivity contribution in [2.45, 2.75) is 6.92 Å². The van der Waals surface area contributed by atoms with Crippen molar-refractivity contribution in [2.24, 2.45) is 5.10 Å². The molecule has 136 valence electrons. The molecule has 7 heteroatoms. The number of nitrogens with one attached hydrogen (secondary N) is 1. The predicted molar refractivity (Wildman–Crippen MR) is 98.4 cm³/mol. The van der Waals surface area contributed by atoms with Crippen molar-refractivity contribution in [2.75, 3.05) is 20.7 Å². The number of nitrogens with zero attached hydrogens (tertiary/aromatic N) is 2. The molecule has 0 heterocycles. The van der Waals surface area contributed by atoms with Crippen LogP contribution >= 0.6 is 0 Å². The van der Waals surface area contributed by atoms with Crippen molar-refractivity contribution in [1.29, 1.82) is 0 Å². The van der Waals surface area contributed by atoms with Crippen LogP contribution in [0.1, 0.15) is 22.8 Å². The molecule has 0 radical (unpaired) electrons. The summed E-state index contributed by atoms with van der Waals surface area (Å²) in [6.07, 6.45) is 0. The lowest BCUT2D eigenvalue weighted by atomic mass is 10.1. The second-order valence-electron chi connectivity index (χ2n) is 5.79. The molecule has 2 aromatic rings. The highest BCUT2D eigenvalue weighted by atomic mass is 16.5. The number of ether oxygens (including phenoxy) is 1. The molecule has 26 heavy (non-hydrogen) atoms. The van der Waals surface area contributed by atoms with Gasteiger partial charge in [-0.3, -0.25) is 9.59 Å². The number of likely N-dealkylation sites (N-methyl/N-ethyl adjacent to an activating group) is 1. The van der Waals surface area contributed by atoms with Gasteiger partial charge in [-0.25, -0.2) is 5.43 Å². The maximum absolute atomic E-state index is 12.0. The first-order valence-corrected chi connectivity index (χ1v) is 7.94. The van der Waals surface area contributed by atoms with Gasteiger partial charge in [0, 0.05) is 19.7 Å². The van der Waals surface area contributed by atoms with Crippen molar-refractivity contribution in [3.8, 4) is 11.5 Å². The third-order valence-corrected chi connectivity index (χ3v) is 3.57. The second-order valence-corrected chi connectivity index (χ2v) is 5.79. The SMILES string of the molecule is C/C(=N/NC(=O)c1cccc(O)c1)c1ccc(OCC(=O)N(C)C)cc1. The highest BCUT2D eigenvalue weighted by Crippen LogP contribution is 2.13. The molecule has 0 atom stereocenters. The number of carbonyl (C=O) groups excluding carboxylic acids is 2. The zero-order chi connectivity index (χ0) is 19.1. The largest absolute Gasteiger partial charge is 0.508 e. The van der Waals surface area contributed by atoms with Crippen molar-refractivity contribution in [3.63, 3.8) is 0 Å². The normalized spacial score (nSPS) is 11.0. The van der Waals surface area contributed by atoms with Crippen molar-refractivity contribution in [3.05, 3.63) is 59.7 Å². The number of hydrogen-bond acceptors (Lipinski definition) is 5. The van der Waals surface area contributed by atoms with E-state index < -0.39 is 5.91 Å². The minimum atomic E-state index is -0.414. The molecular formula is C19H21N3O4. The molecular weight excluding hydrogens is 334 g/mol. The summed E-state index contributed by atoms with van der Waals surface area (Å²) in [7, 11) is 3.33. The van der Waals surface area contributed by atoms with Crippen molar-refractivity contribution < 1.29 is 19.4 Å². The number of aromatic hydroxyl groups is 1. The fourth-order valence-electron chi connectivity index (χ4n) is 1.98. The zero-order valence-electron chi connectivity index (χ0n) is 14.9. The van der Waals surface area contributed by atoms with E-state index in [0.29, 0.717) is 17.0 Å². The molecule has 0 saturated heterocycles. The molecule has 0 unspecified atom stereocenters. The van der Waals surface area contributed by atoms with Gasteiger partial charge >= 0.3 is 0 Å². The first kappa shape index (κ1) is 19.0. The average Bonchev–Trinajstić information content (AvgIpc) is 2.64. The quantitative estimate of drug-likeness (QED) is 0.613. The van der Waals surface area contributed by atoms with E-state index in [1.807, 2.05) is 0 Å². The van der Waals surface area contributed by atoms with Gasteiger partial charge in [0.25, 0.3) is 11.8 Å². The monoisotopic (exact) mass is 355 g/mol. The van der Waals surface area contributed by atoms with E-state index in [4.69, 9.17) is 4.74 Å². The summed E-state index contributed by atoms with van der Waals surface area (Å²) in [6, 6.07) is 13.1. The number of phenolic OH excluding ortho intramolecular Hbond substituents is 1. The molecule has 0 aliphatic heterocycles. The number of carbonyl (C=O) groups is 2. The van der Waals surface area contributed by atoms with E-state index in [1.165, 1.54) is 17.0 Å². The molecule has 2 aromatic carbocycles. The van der Waals surface area contributed by atoms with Gasteiger partial charge in [0.05, 0.1) is 5.71 Å². The summed E-state index contributed by atoms with van der Waals surface area (Å²) in [6.45, 7) is 1.73. The lowest BCUT2D eigenvalue weighted by Crippen LogP contribution is -2.27. The minimum absolute atomic E-state index is 0.0155. The Morgan fingerprint density at radius 2 is 1.81 bits per heavy atom. The lowest BCUT2D eigenvalue weighted by molar-refractivity contribution is -0.130. The van der Waals surface area contributed by atoms with E-state index in [9.17, 15) is 14.7 Å². The smallest absolute Gasteiger partial charge is 0.271 e. The van der Waals surface area contributed by atoms with Crippen molar-refractivity contribution >= 4 is 17.5 Å². The van der Waals surface area contributed by atoms with E-state index in [2.05, 4.69) is 10.5 Å². The number of hydrogen-bond donors (Lipinski definition) is 2. The fraction of sp³-hybridized carbons (Fsp3) is 0.211. The van der Waals surface area contributed by atoms with E-state index in [1.54, 1.807) is 57.4 Å².